The van der Waals surface area contributed by atoms with E-state index in [1.54, 1.807) is 0 Å². The molecule has 4 heteroatoms. The van der Waals surface area contributed by atoms with Crippen LogP contribution in [0.4, 0.5) is 0 Å². The van der Waals surface area contributed by atoms with E-state index < -0.39 is 0 Å². The Balaban J connectivity index is 1.86. The van der Waals surface area contributed by atoms with E-state index in [-0.39, 0.29) is 5.60 Å². The van der Waals surface area contributed by atoms with Crippen LogP contribution in [0.15, 0.2) is 36.4 Å². The van der Waals surface area contributed by atoms with Gasteiger partial charge in [-0.2, -0.15) is 0 Å². The number of likely N-dealkylation sites (tertiary alicyclic amines) is 1. The predicted octanol–water partition coefficient (Wildman–Crippen LogP) is 3.89. The highest BCUT2D eigenvalue weighted by atomic mass is 35.5. The molecular formula is C18H21ClN2O. The second-order valence-corrected chi connectivity index (χ2v) is 6.88. The van der Waals surface area contributed by atoms with Gasteiger partial charge in [-0.05, 0) is 44.6 Å². The van der Waals surface area contributed by atoms with Crippen LogP contribution in [0.25, 0.3) is 0 Å². The van der Waals surface area contributed by atoms with Gasteiger partial charge in [0, 0.05) is 18.5 Å². The lowest BCUT2D eigenvalue weighted by atomic mass is 9.90. The molecule has 2 aliphatic heterocycles. The van der Waals surface area contributed by atoms with Crippen molar-refractivity contribution in [2.24, 2.45) is 0 Å². The topological polar surface area (TPSA) is 17.4 Å². The molecule has 22 heavy (non-hydrogen) atoms. The van der Waals surface area contributed by atoms with E-state index in [9.17, 15) is 0 Å². The first-order chi connectivity index (χ1) is 10.7. The maximum Gasteiger partial charge on any atom is 0.150 e. The second kappa shape index (κ2) is 5.32. The van der Waals surface area contributed by atoms with Gasteiger partial charge in [-0.25, -0.2) is 0 Å². The quantitative estimate of drug-likeness (QED) is 0.733. The lowest BCUT2D eigenvalue weighted by Gasteiger charge is -2.33. The Bertz CT molecular complexity index is 696. The highest BCUT2D eigenvalue weighted by molar-refractivity contribution is 6.29. The third-order valence-corrected chi connectivity index (χ3v) is 5.35. The van der Waals surface area contributed by atoms with Gasteiger partial charge in [0.2, 0.25) is 0 Å². The summed E-state index contributed by atoms with van der Waals surface area (Å²) in [5, 5.41) is 0.798. The van der Waals surface area contributed by atoms with Gasteiger partial charge in [0.25, 0.3) is 0 Å². The van der Waals surface area contributed by atoms with Gasteiger partial charge < -0.3 is 14.2 Å². The number of aromatic nitrogens is 1. The van der Waals surface area contributed by atoms with Crippen molar-refractivity contribution in [3.05, 3.63) is 52.8 Å². The number of halogens is 1. The molecular weight excluding hydrogens is 296 g/mol. The normalized spacial score (nSPS) is 25.0. The molecule has 0 N–H and O–H groups in total. The summed E-state index contributed by atoms with van der Waals surface area (Å²) >= 11 is 6.47. The summed E-state index contributed by atoms with van der Waals surface area (Å²) in [5.41, 5.74) is 2.17. The van der Waals surface area contributed by atoms with Gasteiger partial charge in [0.15, 0.2) is 5.60 Å². The van der Waals surface area contributed by atoms with Crippen LogP contribution in [0.1, 0.15) is 30.5 Å². The molecule has 1 fully saturated rings. The van der Waals surface area contributed by atoms with E-state index in [1.165, 1.54) is 11.3 Å². The summed E-state index contributed by atoms with van der Waals surface area (Å²) in [6.45, 7) is 2.96. The van der Waals surface area contributed by atoms with Crippen LogP contribution in [-0.2, 0) is 12.1 Å². The molecule has 0 radical (unpaired) electrons. The lowest BCUT2D eigenvalue weighted by molar-refractivity contribution is 0.0462. The van der Waals surface area contributed by atoms with Gasteiger partial charge in [-0.3, -0.25) is 0 Å². The van der Waals surface area contributed by atoms with Crippen LogP contribution in [-0.4, -0.2) is 29.6 Å². The van der Waals surface area contributed by atoms with Crippen molar-refractivity contribution >= 4 is 11.6 Å². The standard InChI is InChI=1S/C18H21ClN2O/c1-20-11-4-9-18(10-12-20)16-7-8-17(19)21(16)13-14-5-2-3-6-15(14)22-18/h2-3,5-8H,4,9-13H2,1H3. The van der Waals surface area contributed by atoms with E-state index in [1.807, 2.05) is 6.07 Å². The van der Waals surface area contributed by atoms with Crippen LogP contribution >= 0.6 is 11.6 Å². The molecule has 1 aromatic heterocycles. The van der Waals surface area contributed by atoms with E-state index in [0.29, 0.717) is 0 Å². The number of fused-ring (bicyclic) bond motifs is 3. The first kappa shape index (κ1) is 14.2. The van der Waals surface area contributed by atoms with Crippen LogP contribution < -0.4 is 4.74 Å². The van der Waals surface area contributed by atoms with Gasteiger partial charge >= 0.3 is 0 Å². The van der Waals surface area contributed by atoms with E-state index in [0.717, 1.165) is 49.8 Å². The van der Waals surface area contributed by atoms with E-state index in [2.05, 4.69) is 46.8 Å². The number of ether oxygens (including phenoxy) is 1. The Morgan fingerprint density at radius 2 is 1.95 bits per heavy atom. The Hall–Kier alpha value is -1.45. The van der Waals surface area contributed by atoms with Gasteiger partial charge in [-0.1, -0.05) is 29.8 Å². The Kier molecular flexibility index (Phi) is 3.43. The molecule has 116 valence electrons. The maximum absolute atomic E-state index is 6.65. The summed E-state index contributed by atoms with van der Waals surface area (Å²) in [6, 6.07) is 12.5. The number of nitrogens with zero attached hydrogens (tertiary/aromatic N) is 2. The molecule has 1 atom stereocenters. The summed E-state index contributed by atoms with van der Waals surface area (Å²) in [6.07, 6.45) is 3.17. The minimum Gasteiger partial charge on any atom is -0.481 e. The average Bonchev–Trinajstić information content (AvgIpc) is 2.70. The van der Waals surface area contributed by atoms with Crippen molar-refractivity contribution in [2.45, 2.75) is 31.4 Å². The largest absolute Gasteiger partial charge is 0.481 e. The Morgan fingerprint density at radius 1 is 1.09 bits per heavy atom. The number of benzene rings is 1. The van der Waals surface area contributed by atoms with Crippen molar-refractivity contribution in [1.29, 1.82) is 0 Å². The molecule has 0 amide bonds. The van der Waals surface area contributed by atoms with Crippen molar-refractivity contribution in [3.8, 4) is 5.75 Å². The molecule has 3 nitrogen and oxygen atoms in total. The zero-order valence-electron chi connectivity index (χ0n) is 12.9. The summed E-state index contributed by atoms with van der Waals surface area (Å²) in [7, 11) is 2.19. The summed E-state index contributed by atoms with van der Waals surface area (Å²) in [5.74, 6) is 1.01. The molecule has 0 bridgehead atoms. The fourth-order valence-corrected chi connectivity index (χ4v) is 3.98. The molecule has 2 aliphatic rings. The molecule has 1 aromatic carbocycles. The molecule has 0 saturated carbocycles. The predicted molar refractivity (Wildman–Crippen MR) is 88.6 cm³/mol. The van der Waals surface area contributed by atoms with Crippen LogP contribution in [0, 0.1) is 0 Å². The van der Waals surface area contributed by atoms with Crippen molar-refractivity contribution in [3.63, 3.8) is 0 Å². The molecule has 0 aliphatic carbocycles. The van der Waals surface area contributed by atoms with Crippen molar-refractivity contribution < 1.29 is 4.74 Å². The van der Waals surface area contributed by atoms with Crippen LogP contribution in [0.5, 0.6) is 5.75 Å². The highest BCUT2D eigenvalue weighted by Crippen LogP contribution is 2.43. The lowest BCUT2D eigenvalue weighted by Crippen LogP contribution is -2.35. The van der Waals surface area contributed by atoms with Gasteiger partial charge in [-0.15, -0.1) is 0 Å². The Labute approximate surface area is 136 Å². The first-order valence-electron chi connectivity index (χ1n) is 7.99. The fraction of sp³-hybridized carbons (Fsp3) is 0.444. The highest BCUT2D eigenvalue weighted by Gasteiger charge is 2.41. The molecule has 3 heterocycles. The third-order valence-electron chi connectivity index (χ3n) is 5.02. The zero-order valence-corrected chi connectivity index (χ0v) is 13.6. The smallest absolute Gasteiger partial charge is 0.150 e. The zero-order chi connectivity index (χ0) is 15.2. The molecule has 1 spiro atoms. The first-order valence-corrected chi connectivity index (χ1v) is 8.37. The number of hydrogen-bond donors (Lipinski definition) is 0. The SMILES string of the molecule is CN1CCCC2(CC1)Oc1ccccc1Cn1c(Cl)ccc12. The summed E-state index contributed by atoms with van der Waals surface area (Å²) < 4.78 is 8.87. The maximum atomic E-state index is 6.65. The summed E-state index contributed by atoms with van der Waals surface area (Å²) in [4.78, 5) is 2.39. The average molecular weight is 317 g/mol. The Morgan fingerprint density at radius 3 is 2.86 bits per heavy atom. The van der Waals surface area contributed by atoms with Crippen molar-refractivity contribution in [1.82, 2.24) is 9.47 Å². The second-order valence-electron chi connectivity index (χ2n) is 6.49. The number of para-hydroxylation sites is 1. The van der Waals surface area contributed by atoms with Crippen molar-refractivity contribution in [2.75, 3.05) is 20.1 Å². The van der Waals surface area contributed by atoms with E-state index in [4.69, 9.17) is 16.3 Å². The molecule has 2 aromatic rings. The molecule has 4 rings (SSSR count). The third kappa shape index (κ3) is 2.24. The minimum absolute atomic E-state index is 0.259. The van der Waals surface area contributed by atoms with Gasteiger partial charge in [0.05, 0.1) is 12.2 Å². The van der Waals surface area contributed by atoms with E-state index >= 15 is 0 Å². The molecule has 1 saturated heterocycles. The van der Waals surface area contributed by atoms with Crippen LogP contribution in [0.2, 0.25) is 5.15 Å². The van der Waals surface area contributed by atoms with Crippen LogP contribution in [0.3, 0.4) is 0 Å². The fourth-order valence-electron chi connectivity index (χ4n) is 3.77. The van der Waals surface area contributed by atoms with Gasteiger partial charge in [0.1, 0.15) is 10.9 Å². The number of hydrogen-bond acceptors (Lipinski definition) is 2. The number of rotatable bonds is 0. The monoisotopic (exact) mass is 316 g/mol. The minimum atomic E-state index is -0.259. The molecule has 1 unspecified atom stereocenters.